The van der Waals surface area contributed by atoms with Crippen LogP contribution in [0.25, 0.3) is 0 Å². The molecular weight excluding hydrogens is 268 g/mol. The van der Waals surface area contributed by atoms with Gasteiger partial charge in [-0.15, -0.1) is 0 Å². The highest BCUT2D eigenvalue weighted by Gasteiger charge is 2.33. The molecule has 0 saturated heterocycles. The lowest BCUT2D eigenvalue weighted by Crippen LogP contribution is -2.32. The molecule has 0 bridgehead atoms. The maximum Gasteiger partial charge on any atom is 0.256 e. The molecule has 1 N–H and O–H groups in total. The van der Waals surface area contributed by atoms with Crippen molar-refractivity contribution in [3.63, 3.8) is 0 Å². The third kappa shape index (κ3) is 2.70. The number of nitrogens with zero attached hydrogens (tertiary/aromatic N) is 1. The zero-order chi connectivity index (χ0) is 13.9. The first-order valence-electron chi connectivity index (χ1n) is 6.88. The summed E-state index contributed by atoms with van der Waals surface area (Å²) in [5.74, 6) is 0.128. The topological polar surface area (TPSA) is 32.3 Å². The Bertz CT molecular complexity index is 590. The lowest BCUT2D eigenvalue weighted by molar-refractivity contribution is 0.0731. The van der Waals surface area contributed by atoms with Crippen molar-refractivity contribution in [1.29, 1.82) is 0 Å². The summed E-state index contributed by atoms with van der Waals surface area (Å²) in [6.45, 7) is 0.713. The molecule has 0 spiro atoms. The third-order valence-corrected chi connectivity index (χ3v) is 4.34. The summed E-state index contributed by atoms with van der Waals surface area (Å²) < 4.78 is 0. The van der Waals surface area contributed by atoms with E-state index in [-0.39, 0.29) is 5.91 Å². The van der Waals surface area contributed by atoms with Gasteiger partial charge >= 0.3 is 0 Å². The third-order valence-electron chi connectivity index (χ3n) is 3.61. The fourth-order valence-electron chi connectivity index (χ4n) is 2.37. The van der Waals surface area contributed by atoms with Gasteiger partial charge in [0.1, 0.15) is 0 Å². The Kier molecular flexibility index (Phi) is 3.74. The van der Waals surface area contributed by atoms with Crippen LogP contribution in [0.1, 0.15) is 28.8 Å². The minimum absolute atomic E-state index is 0.128. The van der Waals surface area contributed by atoms with Crippen molar-refractivity contribution in [2.75, 3.05) is 12.4 Å². The largest absolute Gasteiger partial charge is 0.387 e. The van der Waals surface area contributed by atoms with Gasteiger partial charge in [-0.2, -0.15) is 11.3 Å². The fraction of sp³-hybridized carbons (Fsp3) is 0.312. The molecule has 1 fully saturated rings. The number of nitrogens with one attached hydrogen (secondary N) is 1. The minimum Gasteiger partial charge on any atom is -0.387 e. The zero-order valence-corrected chi connectivity index (χ0v) is 12.3. The molecule has 3 rings (SSSR count). The number of anilines is 1. The van der Waals surface area contributed by atoms with Crippen LogP contribution in [0.5, 0.6) is 0 Å². The van der Waals surface area contributed by atoms with Crippen LogP contribution in [0.2, 0.25) is 0 Å². The molecule has 0 radical (unpaired) electrons. The molecule has 3 nitrogen and oxygen atoms in total. The Hall–Kier alpha value is -1.81. The van der Waals surface area contributed by atoms with E-state index in [1.807, 2.05) is 36.2 Å². The van der Waals surface area contributed by atoms with Crippen LogP contribution in [0.4, 0.5) is 5.69 Å². The van der Waals surface area contributed by atoms with Gasteiger partial charge in [0, 0.05) is 25.3 Å². The predicted octanol–water partition coefficient (Wildman–Crippen LogP) is 3.59. The van der Waals surface area contributed by atoms with Crippen LogP contribution in [0, 0.1) is 0 Å². The van der Waals surface area contributed by atoms with Gasteiger partial charge in [0.25, 0.3) is 5.91 Å². The van der Waals surface area contributed by atoms with E-state index >= 15 is 0 Å². The molecule has 0 aliphatic heterocycles. The van der Waals surface area contributed by atoms with Crippen molar-refractivity contribution in [2.24, 2.45) is 0 Å². The highest BCUT2D eigenvalue weighted by Crippen LogP contribution is 2.31. The number of rotatable bonds is 5. The van der Waals surface area contributed by atoms with Gasteiger partial charge in [-0.05, 0) is 47.4 Å². The zero-order valence-electron chi connectivity index (χ0n) is 11.5. The first kappa shape index (κ1) is 13.2. The molecular formula is C16H18N2OS. The SMILES string of the molecule is CNc1ccccc1C(=O)N(Cc1ccsc1)C1CC1. The minimum atomic E-state index is 0.128. The average Bonchev–Trinajstić information content (AvgIpc) is 3.20. The highest BCUT2D eigenvalue weighted by molar-refractivity contribution is 7.07. The van der Waals surface area contributed by atoms with Crippen molar-refractivity contribution in [3.05, 3.63) is 52.2 Å². The Morgan fingerprint density at radius 3 is 2.80 bits per heavy atom. The maximum atomic E-state index is 12.8. The van der Waals surface area contributed by atoms with Crippen LogP contribution in [-0.4, -0.2) is 23.9 Å². The van der Waals surface area contributed by atoms with Crippen molar-refractivity contribution in [1.82, 2.24) is 4.90 Å². The second-order valence-corrected chi connectivity index (χ2v) is 5.87. The van der Waals surface area contributed by atoms with Gasteiger partial charge in [-0.1, -0.05) is 12.1 Å². The van der Waals surface area contributed by atoms with Crippen LogP contribution in [-0.2, 0) is 6.54 Å². The molecule has 1 aromatic heterocycles. The first-order valence-corrected chi connectivity index (χ1v) is 7.82. The summed E-state index contributed by atoms with van der Waals surface area (Å²) in [5.41, 5.74) is 2.88. The normalized spacial score (nSPS) is 14.1. The van der Waals surface area contributed by atoms with E-state index < -0.39 is 0 Å². The van der Waals surface area contributed by atoms with E-state index in [0.717, 1.165) is 24.1 Å². The van der Waals surface area contributed by atoms with Crippen LogP contribution in [0.3, 0.4) is 0 Å². The van der Waals surface area contributed by atoms with Crippen LogP contribution in [0.15, 0.2) is 41.1 Å². The van der Waals surface area contributed by atoms with Gasteiger partial charge in [0.05, 0.1) is 5.56 Å². The quantitative estimate of drug-likeness (QED) is 0.911. The highest BCUT2D eigenvalue weighted by atomic mass is 32.1. The molecule has 1 saturated carbocycles. The van der Waals surface area contributed by atoms with E-state index in [9.17, 15) is 4.79 Å². The van der Waals surface area contributed by atoms with Crippen molar-refractivity contribution in [3.8, 4) is 0 Å². The summed E-state index contributed by atoms with van der Waals surface area (Å²) in [5, 5.41) is 7.28. The Morgan fingerprint density at radius 1 is 1.35 bits per heavy atom. The fourth-order valence-corrected chi connectivity index (χ4v) is 3.03. The molecule has 1 aliphatic carbocycles. The van der Waals surface area contributed by atoms with E-state index in [4.69, 9.17) is 0 Å². The number of carbonyl (C=O) groups is 1. The number of hydrogen-bond donors (Lipinski definition) is 1. The summed E-state index contributed by atoms with van der Waals surface area (Å²) >= 11 is 1.68. The Morgan fingerprint density at radius 2 is 2.15 bits per heavy atom. The van der Waals surface area contributed by atoms with Gasteiger partial charge in [-0.3, -0.25) is 4.79 Å². The number of hydrogen-bond acceptors (Lipinski definition) is 3. The van der Waals surface area contributed by atoms with E-state index in [1.165, 1.54) is 5.56 Å². The molecule has 0 unspecified atom stereocenters. The summed E-state index contributed by atoms with van der Waals surface area (Å²) in [6, 6.07) is 10.2. The smallest absolute Gasteiger partial charge is 0.256 e. The molecule has 2 aromatic rings. The molecule has 4 heteroatoms. The molecule has 20 heavy (non-hydrogen) atoms. The molecule has 104 valence electrons. The number of thiophene rings is 1. The molecule has 1 amide bonds. The monoisotopic (exact) mass is 286 g/mol. The van der Waals surface area contributed by atoms with Crippen LogP contribution >= 0.6 is 11.3 Å². The summed E-state index contributed by atoms with van der Waals surface area (Å²) in [7, 11) is 1.85. The molecule has 0 atom stereocenters. The lowest BCUT2D eigenvalue weighted by atomic mass is 10.1. The molecule has 1 heterocycles. The predicted molar refractivity (Wildman–Crippen MR) is 83.2 cm³/mol. The summed E-state index contributed by atoms with van der Waals surface area (Å²) in [6.07, 6.45) is 2.25. The van der Waals surface area contributed by atoms with Crippen molar-refractivity contribution in [2.45, 2.75) is 25.4 Å². The van der Waals surface area contributed by atoms with Gasteiger partial charge in [0.15, 0.2) is 0 Å². The standard InChI is InChI=1S/C16H18N2OS/c1-17-15-5-3-2-4-14(15)16(19)18(13-6-7-13)10-12-8-9-20-11-12/h2-5,8-9,11,13,17H,6-7,10H2,1H3. The molecule has 1 aliphatic rings. The first-order chi connectivity index (χ1) is 9.79. The van der Waals surface area contributed by atoms with E-state index in [1.54, 1.807) is 11.3 Å². The van der Waals surface area contributed by atoms with Crippen molar-refractivity contribution >= 4 is 22.9 Å². The average molecular weight is 286 g/mol. The summed E-state index contributed by atoms with van der Waals surface area (Å²) in [4.78, 5) is 14.8. The number of para-hydroxylation sites is 1. The Balaban J connectivity index is 1.85. The van der Waals surface area contributed by atoms with Crippen molar-refractivity contribution < 1.29 is 4.79 Å². The van der Waals surface area contributed by atoms with Gasteiger partial charge in [0.2, 0.25) is 0 Å². The number of carbonyl (C=O) groups excluding carboxylic acids is 1. The van der Waals surface area contributed by atoms with Gasteiger partial charge < -0.3 is 10.2 Å². The number of amides is 1. The van der Waals surface area contributed by atoms with E-state index in [0.29, 0.717) is 12.6 Å². The van der Waals surface area contributed by atoms with Gasteiger partial charge in [-0.25, -0.2) is 0 Å². The van der Waals surface area contributed by atoms with E-state index in [2.05, 4.69) is 22.1 Å². The lowest BCUT2D eigenvalue weighted by Gasteiger charge is -2.23. The number of benzene rings is 1. The Labute approximate surface area is 123 Å². The second kappa shape index (κ2) is 5.67. The second-order valence-electron chi connectivity index (χ2n) is 5.09. The van der Waals surface area contributed by atoms with Crippen LogP contribution < -0.4 is 5.32 Å². The maximum absolute atomic E-state index is 12.8. The molecule has 1 aromatic carbocycles.